The molecule has 1 unspecified atom stereocenters. The van der Waals surface area contributed by atoms with E-state index in [2.05, 4.69) is 35.3 Å². The number of aryl methyl sites for hydroxylation is 2. The molecule has 4 heteroatoms. The molecule has 0 bridgehead atoms. The summed E-state index contributed by atoms with van der Waals surface area (Å²) in [4.78, 5) is 4.13. The Hall–Kier alpha value is -1.68. The van der Waals surface area contributed by atoms with E-state index >= 15 is 0 Å². The van der Waals surface area contributed by atoms with Crippen LogP contribution in [0.25, 0.3) is 0 Å². The molecule has 17 heavy (non-hydrogen) atoms. The Morgan fingerprint density at radius 2 is 2.24 bits per heavy atom. The predicted octanol–water partition coefficient (Wildman–Crippen LogP) is 1.82. The summed E-state index contributed by atoms with van der Waals surface area (Å²) < 4.78 is 1.83. The van der Waals surface area contributed by atoms with Gasteiger partial charge in [-0.25, -0.2) is 0 Å². The molecule has 0 saturated heterocycles. The van der Waals surface area contributed by atoms with Crippen LogP contribution in [0.3, 0.4) is 0 Å². The molecule has 0 aromatic carbocycles. The Bertz CT molecular complexity index is 490. The minimum absolute atomic E-state index is 0.143. The van der Waals surface area contributed by atoms with Gasteiger partial charge in [0, 0.05) is 25.6 Å². The smallest absolute Gasteiger partial charge is 0.0839 e. The average molecular weight is 230 g/mol. The standard InChI is InChI=1S/C13H18N4/c1-4-15-13(12-6-8-17(3)16-12)11-5-7-14-9-10(11)2/h5-9,13,15H,4H2,1-3H3. The Morgan fingerprint density at radius 1 is 1.41 bits per heavy atom. The van der Waals surface area contributed by atoms with Gasteiger partial charge in [0.15, 0.2) is 0 Å². The van der Waals surface area contributed by atoms with Crippen LogP contribution in [0.1, 0.15) is 29.8 Å². The number of hydrogen-bond acceptors (Lipinski definition) is 3. The first kappa shape index (κ1) is 11.8. The third kappa shape index (κ3) is 2.53. The van der Waals surface area contributed by atoms with Crippen molar-refractivity contribution in [2.45, 2.75) is 19.9 Å². The normalized spacial score (nSPS) is 12.6. The molecule has 2 heterocycles. The zero-order valence-corrected chi connectivity index (χ0v) is 10.5. The molecule has 1 N–H and O–H groups in total. The van der Waals surface area contributed by atoms with E-state index in [0.29, 0.717) is 0 Å². The zero-order chi connectivity index (χ0) is 12.3. The number of aromatic nitrogens is 3. The molecular weight excluding hydrogens is 212 g/mol. The van der Waals surface area contributed by atoms with Crippen molar-refractivity contribution in [2.24, 2.45) is 7.05 Å². The van der Waals surface area contributed by atoms with Crippen LogP contribution in [-0.4, -0.2) is 21.3 Å². The highest BCUT2D eigenvalue weighted by Gasteiger charge is 2.17. The van der Waals surface area contributed by atoms with Gasteiger partial charge in [-0.1, -0.05) is 6.92 Å². The van der Waals surface area contributed by atoms with Gasteiger partial charge in [0.25, 0.3) is 0 Å². The maximum Gasteiger partial charge on any atom is 0.0839 e. The van der Waals surface area contributed by atoms with Gasteiger partial charge in [0.2, 0.25) is 0 Å². The Kier molecular flexibility index (Phi) is 3.54. The van der Waals surface area contributed by atoms with E-state index < -0.39 is 0 Å². The Balaban J connectivity index is 2.39. The maximum atomic E-state index is 4.48. The van der Waals surface area contributed by atoms with Gasteiger partial charge >= 0.3 is 0 Å². The topological polar surface area (TPSA) is 42.7 Å². The third-order valence-corrected chi connectivity index (χ3v) is 2.81. The molecule has 4 nitrogen and oxygen atoms in total. The average Bonchev–Trinajstić information content (AvgIpc) is 2.74. The lowest BCUT2D eigenvalue weighted by atomic mass is 10.0. The molecule has 0 amide bonds. The molecule has 2 rings (SSSR count). The number of nitrogens with one attached hydrogen (secondary N) is 1. The van der Waals surface area contributed by atoms with Crippen LogP contribution in [0.2, 0.25) is 0 Å². The van der Waals surface area contributed by atoms with E-state index in [1.807, 2.05) is 36.4 Å². The minimum Gasteiger partial charge on any atom is -0.305 e. The van der Waals surface area contributed by atoms with E-state index in [9.17, 15) is 0 Å². The van der Waals surface area contributed by atoms with Crippen LogP contribution >= 0.6 is 0 Å². The highest BCUT2D eigenvalue weighted by molar-refractivity contribution is 5.31. The first-order valence-electron chi connectivity index (χ1n) is 5.85. The predicted molar refractivity (Wildman–Crippen MR) is 67.7 cm³/mol. The van der Waals surface area contributed by atoms with Crippen molar-refractivity contribution < 1.29 is 0 Å². The lowest BCUT2D eigenvalue weighted by molar-refractivity contribution is 0.596. The molecular formula is C13H18N4. The summed E-state index contributed by atoms with van der Waals surface area (Å²) in [5.41, 5.74) is 3.47. The summed E-state index contributed by atoms with van der Waals surface area (Å²) in [6.45, 7) is 5.09. The quantitative estimate of drug-likeness (QED) is 0.871. The fraction of sp³-hybridized carbons (Fsp3) is 0.385. The number of pyridine rings is 1. The van der Waals surface area contributed by atoms with Gasteiger partial charge in [-0.05, 0) is 36.7 Å². The van der Waals surface area contributed by atoms with Crippen LogP contribution in [-0.2, 0) is 7.05 Å². The Labute approximate surface area is 102 Å². The summed E-state index contributed by atoms with van der Waals surface area (Å²) >= 11 is 0. The summed E-state index contributed by atoms with van der Waals surface area (Å²) in [6, 6.07) is 4.24. The van der Waals surface area contributed by atoms with E-state index in [1.165, 1.54) is 11.1 Å². The molecule has 1 atom stereocenters. The second kappa shape index (κ2) is 5.10. The van der Waals surface area contributed by atoms with Crippen molar-refractivity contribution in [3.63, 3.8) is 0 Å². The van der Waals surface area contributed by atoms with E-state index in [0.717, 1.165) is 12.2 Å². The van der Waals surface area contributed by atoms with E-state index in [-0.39, 0.29) is 6.04 Å². The lowest BCUT2D eigenvalue weighted by Gasteiger charge is -2.18. The molecule has 0 saturated carbocycles. The van der Waals surface area contributed by atoms with Crippen molar-refractivity contribution in [3.05, 3.63) is 47.5 Å². The molecule has 0 radical (unpaired) electrons. The molecule has 2 aromatic heterocycles. The lowest BCUT2D eigenvalue weighted by Crippen LogP contribution is -2.23. The number of nitrogens with zero attached hydrogens (tertiary/aromatic N) is 3. The van der Waals surface area contributed by atoms with Crippen LogP contribution in [0.15, 0.2) is 30.7 Å². The van der Waals surface area contributed by atoms with E-state index in [1.54, 1.807) is 0 Å². The molecule has 0 aliphatic heterocycles. The highest BCUT2D eigenvalue weighted by Crippen LogP contribution is 2.22. The first-order chi connectivity index (χ1) is 8.22. The van der Waals surface area contributed by atoms with Gasteiger partial charge in [-0.15, -0.1) is 0 Å². The molecule has 0 fully saturated rings. The maximum absolute atomic E-state index is 4.48. The van der Waals surface area contributed by atoms with E-state index in [4.69, 9.17) is 0 Å². The van der Waals surface area contributed by atoms with Gasteiger partial charge in [-0.2, -0.15) is 5.10 Å². The number of rotatable bonds is 4. The fourth-order valence-corrected chi connectivity index (χ4v) is 1.97. The summed E-state index contributed by atoms with van der Waals surface area (Å²) in [5.74, 6) is 0. The molecule has 2 aromatic rings. The van der Waals surface area contributed by atoms with Crippen molar-refractivity contribution in [1.82, 2.24) is 20.1 Å². The molecule has 0 spiro atoms. The summed E-state index contributed by atoms with van der Waals surface area (Å²) in [7, 11) is 1.94. The van der Waals surface area contributed by atoms with Crippen molar-refractivity contribution in [1.29, 1.82) is 0 Å². The van der Waals surface area contributed by atoms with Crippen molar-refractivity contribution in [3.8, 4) is 0 Å². The van der Waals surface area contributed by atoms with Crippen molar-refractivity contribution in [2.75, 3.05) is 6.54 Å². The van der Waals surface area contributed by atoms with Crippen LogP contribution in [0.5, 0.6) is 0 Å². The fourth-order valence-electron chi connectivity index (χ4n) is 1.97. The SMILES string of the molecule is CCNC(c1ccn(C)n1)c1ccncc1C. The van der Waals surface area contributed by atoms with Gasteiger partial charge < -0.3 is 5.32 Å². The molecule has 0 aliphatic rings. The number of hydrogen-bond donors (Lipinski definition) is 1. The molecule has 0 aliphatic carbocycles. The largest absolute Gasteiger partial charge is 0.305 e. The second-order valence-corrected chi connectivity index (χ2v) is 4.14. The van der Waals surface area contributed by atoms with Crippen LogP contribution < -0.4 is 5.32 Å². The summed E-state index contributed by atoms with van der Waals surface area (Å²) in [5, 5.41) is 7.95. The Morgan fingerprint density at radius 3 is 2.82 bits per heavy atom. The van der Waals surface area contributed by atoms with Gasteiger partial charge in [0.1, 0.15) is 0 Å². The highest BCUT2D eigenvalue weighted by atomic mass is 15.3. The van der Waals surface area contributed by atoms with Gasteiger partial charge in [-0.3, -0.25) is 9.67 Å². The summed E-state index contributed by atoms with van der Waals surface area (Å²) in [6.07, 6.45) is 5.69. The second-order valence-electron chi connectivity index (χ2n) is 4.14. The van der Waals surface area contributed by atoms with Gasteiger partial charge in [0.05, 0.1) is 11.7 Å². The van der Waals surface area contributed by atoms with Crippen LogP contribution in [0, 0.1) is 6.92 Å². The third-order valence-electron chi connectivity index (χ3n) is 2.81. The van der Waals surface area contributed by atoms with Crippen LogP contribution in [0.4, 0.5) is 0 Å². The minimum atomic E-state index is 0.143. The zero-order valence-electron chi connectivity index (χ0n) is 10.5. The molecule has 90 valence electrons. The first-order valence-corrected chi connectivity index (χ1v) is 5.85. The van der Waals surface area contributed by atoms with Crippen molar-refractivity contribution >= 4 is 0 Å². The monoisotopic (exact) mass is 230 g/mol.